The number of hydrogen-bond donors (Lipinski definition) is 1. The van der Waals surface area contributed by atoms with E-state index in [1.54, 1.807) is 50.6 Å². The van der Waals surface area contributed by atoms with Crippen LogP contribution in [0.15, 0.2) is 36.4 Å². The third-order valence-electron chi connectivity index (χ3n) is 2.89. The van der Waals surface area contributed by atoms with Gasteiger partial charge in [0, 0.05) is 16.1 Å². The van der Waals surface area contributed by atoms with Gasteiger partial charge in [-0.3, -0.25) is 0 Å². The molecule has 2 aromatic rings. The van der Waals surface area contributed by atoms with Gasteiger partial charge in [0.05, 0.1) is 14.2 Å². The fraction of sp³-hybridized carbons (Fsp3) is 0.200. The molecular formula is C15H14Cl2O3. The molecule has 0 fully saturated rings. The maximum absolute atomic E-state index is 10.5. The quantitative estimate of drug-likeness (QED) is 0.924. The smallest absolute Gasteiger partial charge is 0.122 e. The first-order valence-corrected chi connectivity index (χ1v) is 6.66. The molecule has 106 valence electrons. The van der Waals surface area contributed by atoms with Crippen molar-refractivity contribution in [3.8, 4) is 11.5 Å². The predicted octanol–water partition coefficient (Wildman–Crippen LogP) is 4.09. The molecule has 5 heteroatoms. The number of hydrogen-bond acceptors (Lipinski definition) is 3. The lowest BCUT2D eigenvalue weighted by molar-refractivity contribution is 0.219. The Kier molecular flexibility index (Phi) is 4.76. The van der Waals surface area contributed by atoms with Crippen LogP contribution in [0.3, 0.4) is 0 Å². The Balaban J connectivity index is 2.43. The molecule has 3 nitrogen and oxygen atoms in total. The average molecular weight is 313 g/mol. The Morgan fingerprint density at radius 2 is 1.25 bits per heavy atom. The van der Waals surface area contributed by atoms with Gasteiger partial charge in [0.15, 0.2) is 0 Å². The van der Waals surface area contributed by atoms with Gasteiger partial charge in [-0.15, -0.1) is 0 Å². The summed E-state index contributed by atoms with van der Waals surface area (Å²) in [5.41, 5.74) is 1.25. The van der Waals surface area contributed by atoms with E-state index in [1.165, 1.54) is 0 Å². The largest absolute Gasteiger partial charge is 0.497 e. The van der Waals surface area contributed by atoms with E-state index in [2.05, 4.69) is 0 Å². The number of rotatable bonds is 4. The first kappa shape index (κ1) is 15.0. The van der Waals surface area contributed by atoms with Gasteiger partial charge < -0.3 is 14.6 Å². The zero-order chi connectivity index (χ0) is 14.7. The zero-order valence-corrected chi connectivity index (χ0v) is 12.6. The van der Waals surface area contributed by atoms with E-state index < -0.39 is 6.10 Å². The summed E-state index contributed by atoms with van der Waals surface area (Å²) in [6.07, 6.45) is -0.866. The molecule has 1 N–H and O–H groups in total. The van der Waals surface area contributed by atoms with E-state index >= 15 is 0 Å². The van der Waals surface area contributed by atoms with Gasteiger partial charge in [0.2, 0.25) is 0 Å². The molecule has 2 rings (SSSR count). The van der Waals surface area contributed by atoms with Crippen molar-refractivity contribution in [1.82, 2.24) is 0 Å². The van der Waals surface area contributed by atoms with E-state index in [0.717, 1.165) is 0 Å². The molecule has 0 radical (unpaired) electrons. The summed E-state index contributed by atoms with van der Waals surface area (Å²) in [6.45, 7) is 0. The van der Waals surface area contributed by atoms with Crippen molar-refractivity contribution in [2.24, 2.45) is 0 Å². The second kappa shape index (κ2) is 6.35. The van der Waals surface area contributed by atoms with Gasteiger partial charge in [-0.25, -0.2) is 0 Å². The first-order valence-electron chi connectivity index (χ1n) is 5.90. The molecule has 0 aliphatic heterocycles. The van der Waals surface area contributed by atoms with E-state index in [1.807, 2.05) is 0 Å². The Hall–Kier alpha value is -1.42. The van der Waals surface area contributed by atoms with Crippen LogP contribution in [0.25, 0.3) is 0 Å². The van der Waals surface area contributed by atoms with Crippen molar-refractivity contribution in [3.63, 3.8) is 0 Å². The molecule has 0 saturated carbocycles. The lowest BCUT2D eigenvalue weighted by Crippen LogP contribution is -2.01. The highest BCUT2D eigenvalue weighted by atomic mass is 35.5. The molecule has 1 atom stereocenters. The normalized spacial score (nSPS) is 12.1. The van der Waals surface area contributed by atoms with Gasteiger partial charge in [0.25, 0.3) is 0 Å². The Morgan fingerprint density at radius 3 is 1.70 bits per heavy atom. The number of methoxy groups -OCH3 is 2. The van der Waals surface area contributed by atoms with E-state index in [-0.39, 0.29) is 0 Å². The molecule has 0 saturated heterocycles. The summed E-state index contributed by atoms with van der Waals surface area (Å²) in [5.74, 6) is 1.21. The fourth-order valence-electron chi connectivity index (χ4n) is 1.91. The minimum absolute atomic E-state index is 0.474. The van der Waals surface area contributed by atoms with Crippen molar-refractivity contribution in [2.45, 2.75) is 6.10 Å². The van der Waals surface area contributed by atoms with Crippen LogP contribution in [-0.2, 0) is 0 Å². The lowest BCUT2D eigenvalue weighted by atomic mass is 10.0. The summed E-state index contributed by atoms with van der Waals surface area (Å²) in [6, 6.07) is 10.2. The van der Waals surface area contributed by atoms with Crippen molar-refractivity contribution >= 4 is 23.2 Å². The molecule has 0 bridgehead atoms. The Labute approximate surface area is 127 Å². The Bertz CT molecular complexity index is 572. The summed E-state index contributed by atoms with van der Waals surface area (Å²) < 4.78 is 10.4. The Morgan fingerprint density at radius 1 is 0.800 bits per heavy atom. The van der Waals surface area contributed by atoms with Crippen LogP contribution in [0, 0.1) is 0 Å². The van der Waals surface area contributed by atoms with Crippen molar-refractivity contribution in [2.75, 3.05) is 14.2 Å². The number of aliphatic hydroxyl groups is 1. The van der Waals surface area contributed by atoms with Crippen molar-refractivity contribution in [3.05, 3.63) is 57.6 Å². The number of halogens is 2. The van der Waals surface area contributed by atoms with Gasteiger partial charge in [0.1, 0.15) is 17.6 Å². The minimum atomic E-state index is -0.866. The molecule has 0 aliphatic carbocycles. The highest BCUT2D eigenvalue weighted by Gasteiger charge is 2.14. The summed E-state index contributed by atoms with van der Waals surface area (Å²) in [5, 5.41) is 11.4. The van der Waals surface area contributed by atoms with E-state index in [9.17, 15) is 5.11 Å². The first-order chi connectivity index (χ1) is 9.53. The van der Waals surface area contributed by atoms with Crippen LogP contribution >= 0.6 is 23.2 Å². The second-order valence-electron chi connectivity index (χ2n) is 4.25. The molecule has 1 unspecified atom stereocenters. The number of ether oxygens (including phenoxy) is 2. The average Bonchev–Trinajstić information content (AvgIpc) is 2.44. The van der Waals surface area contributed by atoms with Gasteiger partial charge in [-0.05, 0) is 41.5 Å². The maximum atomic E-state index is 10.5. The topological polar surface area (TPSA) is 38.7 Å². The SMILES string of the molecule is COc1cc(OC)cc(C(O)c2cc(Cl)cc(Cl)c2)c1. The van der Waals surface area contributed by atoms with Crippen LogP contribution in [0.2, 0.25) is 10.0 Å². The third-order valence-corrected chi connectivity index (χ3v) is 3.33. The van der Waals surface area contributed by atoms with Crippen molar-refractivity contribution < 1.29 is 14.6 Å². The second-order valence-corrected chi connectivity index (χ2v) is 5.12. The lowest BCUT2D eigenvalue weighted by Gasteiger charge is -2.15. The highest BCUT2D eigenvalue weighted by molar-refractivity contribution is 6.34. The predicted molar refractivity (Wildman–Crippen MR) is 80.1 cm³/mol. The summed E-state index contributed by atoms with van der Waals surface area (Å²) in [4.78, 5) is 0. The van der Waals surface area contributed by atoms with Gasteiger partial charge >= 0.3 is 0 Å². The van der Waals surface area contributed by atoms with E-state index in [4.69, 9.17) is 32.7 Å². The monoisotopic (exact) mass is 312 g/mol. The van der Waals surface area contributed by atoms with E-state index in [0.29, 0.717) is 32.7 Å². The maximum Gasteiger partial charge on any atom is 0.122 e. The summed E-state index contributed by atoms with van der Waals surface area (Å²) >= 11 is 11.9. The highest BCUT2D eigenvalue weighted by Crippen LogP contribution is 2.32. The van der Waals surface area contributed by atoms with Crippen LogP contribution in [0.1, 0.15) is 17.2 Å². The zero-order valence-electron chi connectivity index (χ0n) is 11.1. The van der Waals surface area contributed by atoms with Gasteiger partial charge in [-0.2, -0.15) is 0 Å². The molecule has 20 heavy (non-hydrogen) atoms. The fourth-order valence-corrected chi connectivity index (χ4v) is 2.46. The van der Waals surface area contributed by atoms with Crippen LogP contribution in [-0.4, -0.2) is 19.3 Å². The van der Waals surface area contributed by atoms with Gasteiger partial charge in [-0.1, -0.05) is 23.2 Å². The molecular weight excluding hydrogens is 299 g/mol. The number of benzene rings is 2. The van der Waals surface area contributed by atoms with Crippen LogP contribution in [0.5, 0.6) is 11.5 Å². The molecule has 0 amide bonds. The molecule has 0 aromatic heterocycles. The molecule has 0 aliphatic rings. The van der Waals surface area contributed by atoms with Crippen LogP contribution < -0.4 is 9.47 Å². The third kappa shape index (κ3) is 3.37. The summed E-state index contributed by atoms with van der Waals surface area (Å²) in [7, 11) is 3.11. The molecule has 2 aromatic carbocycles. The van der Waals surface area contributed by atoms with Crippen molar-refractivity contribution in [1.29, 1.82) is 0 Å². The molecule has 0 heterocycles. The standard InChI is InChI=1S/C15H14Cl2O3/c1-19-13-5-10(6-14(8-13)20-2)15(18)9-3-11(16)7-12(17)4-9/h3-8,15,18H,1-2H3. The minimum Gasteiger partial charge on any atom is -0.497 e. The molecule has 0 spiro atoms. The number of aliphatic hydroxyl groups excluding tert-OH is 1. The van der Waals surface area contributed by atoms with Crippen LogP contribution in [0.4, 0.5) is 0 Å².